The van der Waals surface area contributed by atoms with Crippen molar-refractivity contribution in [3.05, 3.63) is 0 Å². The van der Waals surface area contributed by atoms with Gasteiger partial charge in [-0.05, 0) is 10.4 Å². The summed E-state index contributed by atoms with van der Waals surface area (Å²) in [6, 6.07) is 0. The van der Waals surface area contributed by atoms with Gasteiger partial charge in [0.1, 0.15) is 6.10 Å². The highest BCUT2D eigenvalue weighted by molar-refractivity contribution is 7.99. The Morgan fingerprint density at radius 2 is 2.50 bits per heavy atom. The molecule has 0 saturated carbocycles. The lowest BCUT2D eigenvalue weighted by molar-refractivity contribution is -0.158. The molecule has 0 amide bonds. The molecule has 0 spiro atoms. The van der Waals surface area contributed by atoms with Gasteiger partial charge < -0.3 is 9.84 Å². The summed E-state index contributed by atoms with van der Waals surface area (Å²) in [5.41, 5.74) is 0. The van der Waals surface area contributed by atoms with Crippen molar-refractivity contribution in [3.8, 4) is 0 Å². The largest absolute Gasteiger partial charge is 0.461 e. The fourth-order valence-electron chi connectivity index (χ4n) is 1.47. The molecule has 16 heavy (non-hydrogen) atoms. The van der Waals surface area contributed by atoms with Crippen LogP contribution in [0, 0.1) is 0 Å². The maximum absolute atomic E-state index is 11.1. The Balaban J connectivity index is 1.86. The van der Waals surface area contributed by atoms with E-state index in [2.05, 4.69) is 15.5 Å². The number of hydrogen-bond acceptors (Lipinski definition) is 7. The van der Waals surface area contributed by atoms with E-state index in [-0.39, 0.29) is 18.5 Å². The Morgan fingerprint density at radius 1 is 1.69 bits per heavy atom. The molecule has 0 aliphatic carbocycles. The molecule has 7 nitrogen and oxygen atoms in total. The third kappa shape index (κ3) is 2.70. The van der Waals surface area contributed by atoms with Crippen molar-refractivity contribution >= 4 is 17.7 Å². The molecule has 1 fully saturated rings. The smallest absolute Gasteiger partial charge is 0.308 e. The highest BCUT2D eigenvalue weighted by Crippen LogP contribution is 2.21. The molecule has 1 aromatic rings. The fraction of sp³-hybridized carbons (Fsp3) is 0.750. The minimum absolute atomic E-state index is 0.0900. The van der Waals surface area contributed by atoms with Gasteiger partial charge in [-0.25, -0.2) is 4.68 Å². The van der Waals surface area contributed by atoms with Crippen LogP contribution in [-0.4, -0.2) is 49.2 Å². The number of thioether (sulfide) groups is 1. The molecule has 88 valence electrons. The maximum Gasteiger partial charge on any atom is 0.308 e. The molecule has 0 radical (unpaired) electrons. The van der Waals surface area contributed by atoms with Gasteiger partial charge in [0.15, 0.2) is 0 Å². The zero-order valence-corrected chi connectivity index (χ0v) is 9.55. The number of carbonyl (C=O) groups is 1. The van der Waals surface area contributed by atoms with E-state index in [1.807, 2.05) is 0 Å². The van der Waals surface area contributed by atoms with Gasteiger partial charge in [0.25, 0.3) is 0 Å². The number of esters is 1. The summed E-state index contributed by atoms with van der Waals surface area (Å²) in [7, 11) is 1.74. The normalized spacial score (nSPS) is 25.5. The molecule has 1 aromatic heterocycles. The van der Waals surface area contributed by atoms with Crippen molar-refractivity contribution in [2.45, 2.75) is 30.2 Å². The summed E-state index contributed by atoms with van der Waals surface area (Å²) >= 11 is 1.40. The standard InChI is InChI=1S/C8H12N4O3S/c1-12-8(9-10-11-12)16-4-6-2-5(13)3-7(14)15-6/h5-6,13H,2-4H2,1H3. The van der Waals surface area contributed by atoms with Crippen LogP contribution in [0.1, 0.15) is 12.8 Å². The summed E-state index contributed by atoms with van der Waals surface area (Å²) in [4.78, 5) is 11.1. The summed E-state index contributed by atoms with van der Waals surface area (Å²) in [5, 5.41) is 21.1. The summed E-state index contributed by atoms with van der Waals surface area (Å²) in [6.45, 7) is 0. The summed E-state index contributed by atoms with van der Waals surface area (Å²) < 4.78 is 6.64. The third-order valence-electron chi connectivity index (χ3n) is 2.21. The van der Waals surface area contributed by atoms with Gasteiger partial charge in [0.2, 0.25) is 5.16 Å². The molecule has 1 saturated heterocycles. The average Bonchev–Trinajstić information content (AvgIpc) is 2.59. The second-order valence-corrected chi connectivity index (χ2v) is 4.59. The number of carbonyl (C=O) groups excluding carboxylic acids is 1. The first-order valence-electron chi connectivity index (χ1n) is 4.88. The zero-order chi connectivity index (χ0) is 11.5. The number of aromatic nitrogens is 4. The predicted octanol–water partition coefficient (Wildman–Crippen LogP) is -0.631. The maximum atomic E-state index is 11.1. The van der Waals surface area contributed by atoms with Gasteiger partial charge in [-0.1, -0.05) is 11.8 Å². The minimum atomic E-state index is -0.593. The lowest BCUT2D eigenvalue weighted by Crippen LogP contribution is -2.34. The molecule has 2 heterocycles. The number of aliphatic hydroxyl groups is 1. The molecule has 8 heteroatoms. The van der Waals surface area contributed by atoms with Crippen LogP contribution in [0.5, 0.6) is 0 Å². The van der Waals surface area contributed by atoms with Crippen molar-refractivity contribution in [1.29, 1.82) is 0 Å². The van der Waals surface area contributed by atoms with Gasteiger partial charge in [0.05, 0.1) is 12.5 Å². The Kier molecular flexibility index (Phi) is 3.39. The van der Waals surface area contributed by atoms with Crippen LogP contribution in [0.15, 0.2) is 5.16 Å². The number of nitrogens with zero attached hydrogens (tertiary/aromatic N) is 4. The van der Waals surface area contributed by atoms with E-state index >= 15 is 0 Å². The van der Waals surface area contributed by atoms with Crippen LogP contribution in [0.3, 0.4) is 0 Å². The molecule has 1 N–H and O–H groups in total. The first kappa shape index (κ1) is 11.3. The first-order chi connectivity index (χ1) is 7.65. The number of aryl methyl sites for hydroxylation is 1. The molecule has 2 unspecified atom stereocenters. The van der Waals surface area contributed by atoms with Crippen LogP contribution < -0.4 is 0 Å². The van der Waals surface area contributed by atoms with Crippen molar-refractivity contribution in [3.63, 3.8) is 0 Å². The highest BCUT2D eigenvalue weighted by Gasteiger charge is 2.27. The second-order valence-electron chi connectivity index (χ2n) is 3.60. The van der Waals surface area contributed by atoms with Crippen LogP contribution in [-0.2, 0) is 16.6 Å². The lowest BCUT2D eigenvalue weighted by Gasteiger charge is -2.25. The van der Waals surface area contributed by atoms with Crippen molar-refractivity contribution in [1.82, 2.24) is 20.2 Å². The minimum Gasteiger partial charge on any atom is -0.461 e. The van der Waals surface area contributed by atoms with Crippen LogP contribution >= 0.6 is 11.8 Å². The van der Waals surface area contributed by atoms with E-state index < -0.39 is 6.10 Å². The summed E-state index contributed by atoms with van der Waals surface area (Å²) in [6.07, 6.45) is -0.293. The summed E-state index contributed by atoms with van der Waals surface area (Å²) in [5.74, 6) is 0.206. The van der Waals surface area contributed by atoms with E-state index in [0.717, 1.165) is 0 Å². The quantitative estimate of drug-likeness (QED) is 0.559. The average molecular weight is 244 g/mol. The number of hydrogen-bond donors (Lipinski definition) is 1. The van der Waals surface area contributed by atoms with Crippen LogP contribution in [0.4, 0.5) is 0 Å². The van der Waals surface area contributed by atoms with Crippen LogP contribution in [0.2, 0.25) is 0 Å². The second kappa shape index (κ2) is 4.79. The number of rotatable bonds is 3. The highest BCUT2D eigenvalue weighted by atomic mass is 32.2. The van der Waals surface area contributed by atoms with Gasteiger partial charge in [-0.2, -0.15) is 0 Å². The molecule has 2 atom stereocenters. The van der Waals surface area contributed by atoms with E-state index in [1.165, 1.54) is 11.8 Å². The number of cyclic esters (lactones) is 1. The molecular weight excluding hydrogens is 232 g/mol. The third-order valence-corrected chi connectivity index (χ3v) is 3.36. The Hall–Kier alpha value is -1.15. The van der Waals surface area contributed by atoms with E-state index in [9.17, 15) is 9.90 Å². The Labute approximate surface area is 96.2 Å². The first-order valence-corrected chi connectivity index (χ1v) is 5.86. The predicted molar refractivity (Wildman–Crippen MR) is 54.6 cm³/mol. The van der Waals surface area contributed by atoms with Crippen molar-refractivity contribution in [2.75, 3.05) is 5.75 Å². The van der Waals surface area contributed by atoms with E-state index in [1.54, 1.807) is 11.7 Å². The van der Waals surface area contributed by atoms with Gasteiger partial charge in [-0.15, -0.1) is 5.10 Å². The molecule has 0 aromatic carbocycles. The SMILES string of the molecule is Cn1nnnc1SCC1CC(O)CC(=O)O1. The number of tetrazole rings is 1. The molecule has 0 bridgehead atoms. The number of aliphatic hydroxyl groups excluding tert-OH is 1. The Bertz CT molecular complexity index is 383. The van der Waals surface area contributed by atoms with E-state index in [0.29, 0.717) is 17.3 Å². The van der Waals surface area contributed by atoms with Crippen molar-refractivity contribution in [2.24, 2.45) is 7.05 Å². The monoisotopic (exact) mass is 244 g/mol. The molecule has 1 aliphatic heterocycles. The lowest BCUT2D eigenvalue weighted by atomic mass is 10.1. The molecule has 2 rings (SSSR count). The molecular formula is C8H12N4O3S. The molecule has 1 aliphatic rings. The van der Waals surface area contributed by atoms with Crippen molar-refractivity contribution < 1.29 is 14.6 Å². The number of ether oxygens (including phenoxy) is 1. The zero-order valence-electron chi connectivity index (χ0n) is 8.74. The van der Waals surface area contributed by atoms with Crippen LogP contribution in [0.25, 0.3) is 0 Å². The van der Waals surface area contributed by atoms with Gasteiger partial charge >= 0.3 is 5.97 Å². The fourth-order valence-corrected chi connectivity index (χ4v) is 2.33. The Morgan fingerprint density at radius 3 is 3.12 bits per heavy atom. The topological polar surface area (TPSA) is 90.1 Å². The van der Waals surface area contributed by atoms with E-state index in [4.69, 9.17) is 4.74 Å². The van der Waals surface area contributed by atoms with Gasteiger partial charge in [-0.3, -0.25) is 4.79 Å². The van der Waals surface area contributed by atoms with Gasteiger partial charge in [0, 0.05) is 19.2 Å².